The summed E-state index contributed by atoms with van der Waals surface area (Å²) in [6, 6.07) is 16.4. The smallest absolute Gasteiger partial charge is 0.335 e. The van der Waals surface area contributed by atoms with Crippen molar-refractivity contribution in [2.45, 2.75) is 27.7 Å². The Morgan fingerprint density at radius 1 is 1.00 bits per heavy atom. The van der Waals surface area contributed by atoms with Gasteiger partial charge in [-0.05, 0) is 75.2 Å². The third-order valence-corrected chi connectivity index (χ3v) is 5.53. The van der Waals surface area contributed by atoms with E-state index in [1.807, 2.05) is 80.8 Å². The zero-order valence-corrected chi connectivity index (χ0v) is 17.9. The molecule has 2 heterocycles. The summed E-state index contributed by atoms with van der Waals surface area (Å²) in [5.74, 6) is -1.13. The van der Waals surface area contributed by atoms with E-state index in [-0.39, 0.29) is 11.5 Å². The number of aryl methyl sites for hydroxylation is 2. The number of hydrogen-bond donors (Lipinski definition) is 1. The average molecular weight is 413 g/mol. The SMILES string of the molecule is CC1=NN(c2ccccc2)C(=O)/C1=C/c1cc(C)n(-c2cc(C(=O)O)ccc2C)c1C. The summed E-state index contributed by atoms with van der Waals surface area (Å²) >= 11 is 0. The van der Waals surface area contributed by atoms with Crippen molar-refractivity contribution in [3.63, 3.8) is 0 Å². The molecule has 0 saturated heterocycles. The second kappa shape index (κ2) is 7.72. The monoisotopic (exact) mass is 413 g/mol. The molecule has 6 heteroatoms. The Hall–Kier alpha value is -3.93. The van der Waals surface area contributed by atoms with Gasteiger partial charge in [-0.25, -0.2) is 4.79 Å². The molecule has 156 valence electrons. The molecule has 6 nitrogen and oxygen atoms in total. The second-order valence-electron chi connectivity index (χ2n) is 7.66. The minimum Gasteiger partial charge on any atom is -0.478 e. The highest BCUT2D eigenvalue weighted by molar-refractivity contribution is 6.32. The van der Waals surface area contributed by atoms with Gasteiger partial charge in [0.2, 0.25) is 0 Å². The van der Waals surface area contributed by atoms with E-state index in [2.05, 4.69) is 5.10 Å². The molecular formula is C25H23N3O3. The number of hydrazone groups is 1. The quantitative estimate of drug-likeness (QED) is 0.618. The van der Waals surface area contributed by atoms with Crippen molar-refractivity contribution in [2.75, 3.05) is 5.01 Å². The summed E-state index contributed by atoms with van der Waals surface area (Å²) in [7, 11) is 0. The molecule has 0 atom stereocenters. The van der Waals surface area contributed by atoms with E-state index >= 15 is 0 Å². The van der Waals surface area contributed by atoms with Gasteiger partial charge in [-0.2, -0.15) is 10.1 Å². The molecule has 1 aromatic heterocycles. The number of para-hydroxylation sites is 1. The molecule has 0 spiro atoms. The molecule has 0 bridgehead atoms. The van der Waals surface area contributed by atoms with E-state index in [9.17, 15) is 14.7 Å². The van der Waals surface area contributed by atoms with Crippen LogP contribution in [0.1, 0.15) is 39.8 Å². The largest absolute Gasteiger partial charge is 0.478 e. The third kappa shape index (κ3) is 3.57. The minimum absolute atomic E-state index is 0.169. The van der Waals surface area contributed by atoms with Crippen LogP contribution < -0.4 is 5.01 Å². The Balaban J connectivity index is 1.76. The lowest BCUT2D eigenvalue weighted by molar-refractivity contribution is -0.114. The van der Waals surface area contributed by atoms with Crippen molar-refractivity contribution in [3.05, 3.63) is 88.2 Å². The number of aromatic carboxylic acids is 1. The van der Waals surface area contributed by atoms with Gasteiger partial charge >= 0.3 is 5.97 Å². The van der Waals surface area contributed by atoms with Crippen molar-refractivity contribution in [1.82, 2.24) is 4.57 Å². The first-order valence-corrected chi connectivity index (χ1v) is 9.98. The van der Waals surface area contributed by atoms with Crippen LogP contribution in [-0.4, -0.2) is 27.3 Å². The molecule has 0 aliphatic carbocycles. The van der Waals surface area contributed by atoms with Gasteiger partial charge < -0.3 is 9.67 Å². The molecule has 1 amide bonds. The first kappa shape index (κ1) is 20.3. The third-order valence-electron chi connectivity index (χ3n) is 5.53. The lowest BCUT2D eigenvalue weighted by Gasteiger charge is -2.14. The highest BCUT2D eigenvalue weighted by Crippen LogP contribution is 2.29. The number of anilines is 1. The topological polar surface area (TPSA) is 74.9 Å². The number of hydrogen-bond acceptors (Lipinski definition) is 3. The van der Waals surface area contributed by atoms with Gasteiger partial charge in [0.25, 0.3) is 5.91 Å². The Bertz CT molecular complexity index is 1270. The van der Waals surface area contributed by atoms with Gasteiger partial charge in [-0.1, -0.05) is 24.3 Å². The molecule has 1 N–H and O–H groups in total. The van der Waals surface area contributed by atoms with Crippen molar-refractivity contribution in [3.8, 4) is 5.69 Å². The van der Waals surface area contributed by atoms with Crippen LogP contribution in [0.4, 0.5) is 5.69 Å². The number of carboxylic acids is 1. The van der Waals surface area contributed by atoms with Crippen LogP contribution in [0.3, 0.4) is 0 Å². The summed E-state index contributed by atoms with van der Waals surface area (Å²) in [4.78, 5) is 24.5. The number of nitrogens with zero attached hydrogens (tertiary/aromatic N) is 3. The fraction of sp³-hybridized carbons (Fsp3) is 0.160. The summed E-state index contributed by atoms with van der Waals surface area (Å²) in [6.45, 7) is 7.71. The second-order valence-corrected chi connectivity index (χ2v) is 7.66. The van der Waals surface area contributed by atoms with Crippen molar-refractivity contribution < 1.29 is 14.7 Å². The van der Waals surface area contributed by atoms with Crippen molar-refractivity contribution in [1.29, 1.82) is 0 Å². The van der Waals surface area contributed by atoms with Gasteiger partial charge in [0.05, 0.1) is 22.5 Å². The Morgan fingerprint density at radius 2 is 1.71 bits per heavy atom. The fourth-order valence-electron chi connectivity index (χ4n) is 3.87. The lowest BCUT2D eigenvalue weighted by Crippen LogP contribution is -2.21. The molecule has 0 radical (unpaired) electrons. The number of aromatic nitrogens is 1. The van der Waals surface area contributed by atoms with Gasteiger partial charge in [0.1, 0.15) is 0 Å². The number of rotatable bonds is 4. The summed E-state index contributed by atoms with van der Waals surface area (Å²) in [6.07, 6.45) is 1.86. The van der Waals surface area contributed by atoms with E-state index in [0.717, 1.165) is 33.9 Å². The van der Waals surface area contributed by atoms with Crippen LogP contribution in [0.15, 0.2) is 65.3 Å². The molecule has 0 unspecified atom stereocenters. The van der Waals surface area contributed by atoms with Crippen LogP contribution in [0.5, 0.6) is 0 Å². The molecule has 3 aromatic rings. The Morgan fingerprint density at radius 3 is 2.39 bits per heavy atom. The molecule has 31 heavy (non-hydrogen) atoms. The highest BCUT2D eigenvalue weighted by Gasteiger charge is 2.29. The van der Waals surface area contributed by atoms with Crippen LogP contribution in [-0.2, 0) is 4.79 Å². The van der Waals surface area contributed by atoms with Crippen molar-refractivity contribution >= 4 is 29.4 Å². The summed E-state index contributed by atoms with van der Waals surface area (Å²) in [5, 5.41) is 15.2. The van der Waals surface area contributed by atoms with Gasteiger partial charge in [0.15, 0.2) is 0 Å². The molecule has 2 aromatic carbocycles. The van der Waals surface area contributed by atoms with Gasteiger partial charge in [-0.3, -0.25) is 4.79 Å². The number of carbonyl (C=O) groups is 2. The number of benzene rings is 2. The lowest BCUT2D eigenvalue weighted by atomic mass is 10.1. The van der Waals surface area contributed by atoms with Gasteiger partial charge in [0, 0.05) is 17.1 Å². The zero-order valence-electron chi connectivity index (χ0n) is 17.9. The number of amides is 1. The fourth-order valence-corrected chi connectivity index (χ4v) is 3.87. The molecule has 1 aliphatic heterocycles. The van der Waals surface area contributed by atoms with E-state index in [1.54, 1.807) is 12.1 Å². The molecule has 4 rings (SSSR count). The van der Waals surface area contributed by atoms with Crippen LogP contribution in [0.2, 0.25) is 0 Å². The minimum atomic E-state index is -0.963. The maximum atomic E-state index is 13.0. The standard InChI is InChI=1S/C25H23N3O3/c1-15-10-11-19(25(30)31)14-23(15)27-16(2)12-20(18(27)4)13-22-17(3)26-28(24(22)29)21-8-6-5-7-9-21/h5-14H,1-4H3,(H,30,31)/b22-13+. The van der Waals surface area contributed by atoms with Crippen LogP contribution in [0, 0.1) is 20.8 Å². The first-order chi connectivity index (χ1) is 14.8. The number of carboxylic acid groups (broad SMARTS) is 1. The predicted molar refractivity (Wildman–Crippen MR) is 122 cm³/mol. The highest BCUT2D eigenvalue weighted by atomic mass is 16.4. The van der Waals surface area contributed by atoms with E-state index in [1.165, 1.54) is 5.01 Å². The maximum absolute atomic E-state index is 13.0. The summed E-state index contributed by atoms with van der Waals surface area (Å²) < 4.78 is 2.02. The van der Waals surface area contributed by atoms with E-state index < -0.39 is 5.97 Å². The Kier molecular flexibility index (Phi) is 5.07. The van der Waals surface area contributed by atoms with Crippen LogP contribution >= 0.6 is 0 Å². The normalized spacial score (nSPS) is 15.0. The average Bonchev–Trinajstić information content (AvgIpc) is 3.18. The maximum Gasteiger partial charge on any atom is 0.335 e. The van der Waals surface area contributed by atoms with E-state index in [4.69, 9.17) is 0 Å². The molecule has 1 aliphatic rings. The number of carbonyl (C=O) groups excluding carboxylic acids is 1. The Labute approximate surface area is 180 Å². The van der Waals surface area contributed by atoms with Crippen molar-refractivity contribution in [2.24, 2.45) is 5.10 Å². The summed E-state index contributed by atoms with van der Waals surface area (Å²) in [5.41, 5.74) is 6.71. The zero-order chi connectivity index (χ0) is 22.3. The first-order valence-electron chi connectivity index (χ1n) is 9.98. The van der Waals surface area contributed by atoms with E-state index in [0.29, 0.717) is 11.3 Å². The molecule has 0 saturated carbocycles. The van der Waals surface area contributed by atoms with Crippen LogP contribution in [0.25, 0.3) is 11.8 Å². The molecular weight excluding hydrogens is 390 g/mol. The molecule has 0 fully saturated rings. The predicted octanol–water partition coefficient (Wildman–Crippen LogP) is 4.91. The van der Waals surface area contributed by atoms with Gasteiger partial charge in [-0.15, -0.1) is 0 Å².